The molecule has 0 N–H and O–H groups in total. The van der Waals surface area contributed by atoms with E-state index in [1.54, 1.807) is 24.1 Å². The maximum Gasteiger partial charge on any atom is 0.255 e. The molecular formula is C14H19BrFNO. The Bertz CT molecular complexity index is 454. The Balaban J connectivity index is 3.05. The van der Waals surface area contributed by atoms with Crippen molar-refractivity contribution in [2.45, 2.75) is 33.7 Å². The van der Waals surface area contributed by atoms with Crippen LogP contribution in [-0.2, 0) is 0 Å². The Kier molecular flexibility index (Phi) is 4.54. The summed E-state index contributed by atoms with van der Waals surface area (Å²) in [6.07, 6.45) is 0. The molecule has 0 saturated heterocycles. The molecule has 1 atom stereocenters. The average molecular weight is 316 g/mol. The highest BCUT2D eigenvalue weighted by Gasteiger charge is 2.28. The zero-order chi connectivity index (χ0) is 14.1. The van der Waals surface area contributed by atoms with Gasteiger partial charge < -0.3 is 4.90 Å². The van der Waals surface area contributed by atoms with E-state index in [4.69, 9.17) is 0 Å². The molecule has 1 amide bonds. The van der Waals surface area contributed by atoms with Gasteiger partial charge in [0.25, 0.3) is 5.91 Å². The highest BCUT2D eigenvalue weighted by Crippen LogP contribution is 2.27. The predicted octanol–water partition coefficient (Wildman–Crippen LogP) is 4.09. The van der Waals surface area contributed by atoms with E-state index in [0.29, 0.717) is 5.56 Å². The van der Waals surface area contributed by atoms with Gasteiger partial charge in [-0.05, 0) is 40.4 Å². The second-order valence-electron chi connectivity index (χ2n) is 5.56. The molecule has 0 spiro atoms. The molecule has 1 unspecified atom stereocenters. The zero-order valence-electron chi connectivity index (χ0n) is 11.4. The summed E-state index contributed by atoms with van der Waals surface area (Å²) in [5.41, 5.74) is 0.332. The first-order valence-electron chi connectivity index (χ1n) is 5.87. The van der Waals surface area contributed by atoms with E-state index in [1.165, 1.54) is 6.07 Å². The number of hydrogen-bond acceptors (Lipinski definition) is 1. The summed E-state index contributed by atoms with van der Waals surface area (Å²) in [5, 5.41) is 0. The van der Waals surface area contributed by atoms with Crippen LogP contribution in [0.15, 0.2) is 22.7 Å². The lowest BCUT2D eigenvalue weighted by Gasteiger charge is -2.35. The van der Waals surface area contributed by atoms with Crippen molar-refractivity contribution >= 4 is 21.8 Å². The fourth-order valence-electron chi connectivity index (χ4n) is 1.62. The number of amides is 1. The normalized spacial score (nSPS) is 13.3. The quantitative estimate of drug-likeness (QED) is 0.804. The molecule has 0 saturated carbocycles. The third kappa shape index (κ3) is 3.10. The van der Waals surface area contributed by atoms with Gasteiger partial charge in [0.05, 0.1) is 10.0 Å². The lowest BCUT2D eigenvalue weighted by molar-refractivity contribution is 0.0628. The van der Waals surface area contributed by atoms with E-state index < -0.39 is 5.82 Å². The summed E-state index contributed by atoms with van der Waals surface area (Å²) >= 11 is 3.13. The third-order valence-electron chi connectivity index (χ3n) is 3.34. The van der Waals surface area contributed by atoms with E-state index in [2.05, 4.69) is 36.7 Å². The lowest BCUT2D eigenvalue weighted by Crippen LogP contribution is -2.43. The smallest absolute Gasteiger partial charge is 0.255 e. The predicted molar refractivity (Wildman–Crippen MR) is 75.1 cm³/mol. The highest BCUT2D eigenvalue weighted by atomic mass is 79.9. The molecule has 1 aromatic carbocycles. The summed E-state index contributed by atoms with van der Waals surface area (Å²) in [7, 11) is 1.75. The van der Waals surface area contributed by atoms with Crippen molar-refractivity contribution < 1.29 is 9.18 Å². The van der Waals surface area contributed by atoms with Gasteiger partial charge in [-0.1, -0.05) is 26.8 Å². The molecule has 0 radical (unpaired) electrons. The van der Waals surface area contributed by atoms with Crippen LogP contribution in [0, 0.1) is 11.2 Å². The van der Waals surface area contributed by atoms with Gasteiger partial charge in [0.2, 0.25) is 0 Å². The van der Waals surface area contributed by atoms with Crippen molar-refractivity contribution in [3.05, 3.63) is 34.1 Å². The molecule has 0 aliphatic rings. The van der Waals surface area contributed by atoms with Crippen LogP contribution >= 0.6 is 15.9 Å². The van der Waals surface area contributed by atoms with Gasteiger partial charge in [0, 0.05) is 13.1 Å². The van der Waals surface area contributed by atoms with E-state index in [9.17, 15) is 9.18 Å². The van der Waals surface area contributed by atoms with E-state index in [0.717, 1.165) is 0 Å². The first-order chi connectivity index (χ1) is 8.16. The lowest BCUT2D eigenvalue weighted by atomic mass is 9.87. The van der Waals surface area contributed by atoms with Crippen LogP contribution in [-0.4, -0.2) is 23.9 Å². The van der Waals surface area contributed by atoms with Crippen molar-refractivity contribution in [1.82, 2.24) is 4.90 Å². The number of hydrogen-bond donors (Lipinski definition) is 0. The zero-order valence-corrected chi connectivity index (χ0v) is 13.0. The molecule has 0 fully saturated rings. The molecule has 1 rings (SSSR count). The van der Waals surface area contributed by atoms with Crippen molar-refractivity contribution in [2.24, 2.45) is 5.41 Å². The second-order valence-corrected chi connectivity index (χ2v) is 6.35. The van der Waals surface area contributed by atoms with Crippen molar-refractivity contribution in [3.63, 3.8) is 0 Å². The standard InChI is InChI=1S/C14H19BrFNO/c1-9(14(2,3)4)17(5)13(18)10-7-6-8-11(16)12(10)15/h6-9H,1-5H3. The first kappa shape index (κ1) is 15.2. The molecule has 2 nitrogen and oxygen atoms in total. The number of halogens is 2. The van der Waals surface area contributed by atoms with Crippen LogP contribution in [0.3, 0.4) is 0 Å². The van der Waals surface area contributed by atoms with Crippen molar-refractivity contribution in [2.75, 3.05) is 7.05 Å². The molecule has 0 bridgehead atoms. The monoisotopic (exact) mass is 315 g/mol. The molecule has 18 heavy (non-hydrogen) atoms. The van der Waals surface area contributed by atoms with E-state index >= 15 is 0 Å². The van der Waals surface area contributed by atoms with Crippen LogP contribution < -0.4 is 0 Å². The molecule has 0 heterocycles. The van der Waals surface area contributed by atoms with Gasteiger partial charge in [-0.2, -0.15) is 0 Å². The molecular weight excluding hydrogens is 297 g/mol. The largest absolute Gasteiger partial charge is 0.338 e. The number of carbonyl (C=O) groups excluding carboxylic acids is 1. The second kappa shape index (κ2) is 5.39. The fraction of sp³-hybridized carbons (Fsp3) is 0.500. The van der Waals surface area contributed by atoms with Gasteiger partial charge in [0.15, 0.2) is 0 Å². The summed E-state index contributed by atoms with van der Waals surface area (Å²) in [5.74, 6) is -0.596. The third-order valence-corrected chi connectivity index (χ3v) is 4.14. The Morgan fingerprint density at radius 3 is 2.44 bits per heavy atom. The maximum atomic E-state index is 13.4. The van der Waals surface area contributed by atoms with Gasteiger partial charge in [-0.3, -0.25) is 4.79 Å². The van der Waals surface area contributed by atoms with Gasteiger partial charge in [-0.25, -0.2) is 4.39 Å². The van der Waals surface area contributed by atoms with Crippen LogP contribution in [0.4, 0.5) is 4.39 Å². The fourth-order valence-corrected chi connectivity index (χ4v) is 2.05. The van der Waals surface area contributed by atoms with Crippen molar-refractivity contribution in [1.29, 1.82) is 0 Å². The Hall–Kier alpha value is -0.900. The molecule has 0 aliphatic heterocycles. The van der Waals surface area contributed by atoms with Crippen LogP contribution in [0.25, 0.3) is 0 Å². The van der Waals surface area contributed by atoms with Gasteiger partial charge in [-0.15, -0.1) is 0 Å². The van der Waals surface area contributed by atoms with Gasteiger partial charge in [0.1, 0.15) is 5.82 Å². The summed E-state index contributed by atoms with van der Waals surface area (Å²) in [4.78, 5) is 14.0. The SMILES string of the molecule is CC(N(C)C(=O)c1cccc(F)c1Br)C(C)(C)C. The summed E-state index contributed by atoms with van der Waals surface area (Å²) in [6, 6.07) is 4.55. The Labute approximate surface area is 116 Å². The van der Waals surface area contributed by atoms with Crippen LogP contribution in [0.5, 0.6) is 0 Å². The van der Waals surface area contributed by atoms with Crippen LogP contribution in [0.2, 0.25) is 0 Å². The number of benzene rings is 1. The molecule has 100 valence electrons. The molecule has 0 aromatic heterocycles. The average Bonchev–Trinajstić information content (AvgIpc) is 2.28. The first-order valence-corrected chi connectivity index (χ1v) is 6.66. The highest BCUT2D eigenvalue weighted by molar-refractivity contribution is 9.10. The van der Waals surface area contributed by atoms with Crippen molar-refractivity contribution in [3.8, 4) is 0 Å². The maximum absolute atomic E-state index is 13.4. The minimum absolute atomic E-state index is 0.0236. The number of carbonyl (C=O) groups is 1. The summed E-state index contributed by atoms with van der Waals surface area (Å²) < 4.78 is 13.6. The van der Waals surface area contributed by atoms with Crippen LogP contribution in [0.1, 0.15) is 38.1 Å². The van der Waals surface area contributed by atoms with E-state index in [-0.39, 0.29) is 21.8 Å². The summed E-state index contributed by atoms with van der Waals surface area (Å²) in [6.45, 7) is 8.21. The van der Waals surface area contributed by atoms with E-state index in [1.807, 2.05) is 6.92 Å². The Morgan fingerprint density at radius 2 is 1.94 bits per heavy atom. The minimum Gasteiger partial charge on any atom is -0.338 e. The minimum atomic E-state index is -0.419. The topological polar surface area (TPSA) is 20.3 Å². The molecule has 4 heteroatoms. The Morgan fingerprint density at radius 1 is 1.39 bits per heavy atom. The van der Waals surface area contributed by atoms with Gasteiger partial charge >= 0.3 is 0 Å². The molecule has 0 aliphatic carbocycles. The molecule has 1 aromatic rings. The number of rotatable bonds is 2. The number of nitrogens with zero attached hydrogens (tertiary/aromatic N) is 1.